The average Bonchev–Trinajstić information content (AvgIpc) is 2.48. The van der Waals surface area contributed by atoms with Crippen LogP contribution in [-0.2, 0) is 6.42 Å². The molecule has 1 aromatic carbocycles. The highest BCUT2D eigenvalue weighted by atomic mass is 16.3. The maximum absolute atomic E-state index is 11.3. The van der Waals surface area contributed by atoms with E-state index in [-0.39, 0.29) is 0 Å². The summed E-state index contributed by atoms with van der Waals surface area (Å²) in [4.78, 5) is 0. The lowest BCUT2D eigenvalue weighted by molar-refractivity contribution is -0.0703. The smallest absolute Gasteiger partial charge is 0.0870 e. The molecule has 1 aromatic rings. The summed E-state index contributed by atoms with van der Waals surface area (Å²) in [6, 6.07) is 12.6. The number of nitrogens with zero attached hydrogens (tertiary/aromatic N) is 1. The van der Waals surface area contributed by atoms with Crippen molar-refractivity contribution in [1.82, 2.24) is 0 Å². The van der Waals surface area contributed by atoms with Crippen molar-refractivity contribution in [2.24, 2.45) is 5.41 Å². The highest BCUT2D eigenvalue weighted by molar-refractivity contribution is 5.21. The van der Waals surface area contributed by atoms with Gasteiger partial charge in [0.05, 0.1) is 17.1 Å². The van der Waals surface area contributed by atoms with Crippen LogP contribution in [0.4, 0.5) is 0 Å². The number of hydrogen-bond donors (Lipinski definition) is 1. The molecule has 0 radical (unpaired) electrons. The molecule has 1 saturated carbocycles. The number of rotatable bonds is 4. The molecular formula is C19H27NO. The van der Waals surface area contributed by atoms with Crippen LogP contribution >= 0.6 is 0 Å². The molecule has 21 heavy (non-hydrogen) atoms. The second-order valence-corrected chi connectivity index (χ2v) is 6.51. The summed E-state index contributed by atoms with van der Waals surface area (Å²) in [7, 11) is 0. The van der Waals surface area contributed by atoms with Crippen LogP contribution in [-0.4, -0.2) is 10.7 Å². The third kappa shape index (κ3) is 3.47. The van der Waals surface area contributed by atoms with Crippen LogP contribution in [0.15, 0.2) is 30.3 Å². The molecule has 0 spiro atoms. The van der Waals surface area contributed by atoms with E-state index < -0.39 is 11.0 Å². The molecule has 114 valence electrons. The molecule has 1 atom stereocenters. The van der Waals surface area contributed by atoms with E-state index in [2.05, 4.69) is 18.2 Å². The van der Waals surface area contributed by atoms with Crippen LogP contribution < -0.4 is 0 Å². The lowest BCUT2D eigenvalue weighted by Gasteiger charge is -2.43. The zero-order valence-electron chi connectivity index (χ0n) is 13.1. The standard InChI is InChI=1S/C19H27NO/c1-2-19(21,15-17-11-7-6-8-12-17)18(16-20)13-9-4-3-5-10-14-18/h6-8,11-12,21H,2-5,9-10,13-15H2,1H3. The van der Waals surface area contributed by atoms with Crippen LogP contribution in [0.2, 0.25) is 0 Å². The molecule has 2 nitrogen and oxygen atoms in total. The predicted molar refractivity (Wildman–Crippen MR) is 85.8 cm³/mol. The first kappa shape index (κ1) is 16.0. The molecule has 0 aromatic heterocycles. The topological polar surface area (TPSA) is 44.0 Å². The zero-order valence-corrected chi connectivity index (χ0v) is 13.1. The van der Waals surface area contributed by atoms with Crippen LogP contribution in [0.1, 0.15) is 63.9 Å². The van der Waals surface area contributed by atoms with Crippen LogP contribution in [0.5, 0.6) is 0 Å². The first-order chi connectivity index (χ1) is 10.2. The number of aliphatic hydroxyl groups is 1. The fraction of sp³-hybridized carbons (Fsp3) is 0.632. The first-order valence-corrected chi connectivity index (χ1v) is 8.33. The normalized spacial score (nSPS) is 21.6. The fourth-order valence-electron chi connectivity index (χ4n) is 3.76. The minimum atomic E-state index is -0.916. The van der Waals surface area contributed by atoms with Crippen molar-refractivity contribution in [3.8, 4) is 6.07 Å². The van der Waals surface area contributed by atoms with Gasteiger partial charge in [-0.25, -0.2) is 0 Å². The minimum absolute atomic E-state index is 0.581. The SMILES string of the molecule is CCC(O)(Cc1ccccc1)C1(C#N)CCCCCCC1. The van der Waals surface area contributed by atoms with E-state index in [0.717, 1.165) is 31.2 Å². The van der Waals surface area contributed by atoms with Crippen molar-refractivity contribution in [3.63, 3.8) is 0 Å². The first-order valence-electron chi connectivity index (χ1n) is 8.33. The lowest BCUT2D eigenvalue weighted by Crippen LogP contribution is -2.49. The summed E-state index contributed by atoms with van der Waals surface area (Å²) in [5.74, 6) is 0. The van der Waals surface area contributed by atoms with Gasteiger partial charge in [-0.05, 0) is 24.8 Å². The Hall–Kier alpha value is -1.33. The second kappa shape index (κ2) is 7.09. The van der Waals surface area contributed by atoms with E-state index in [1.807, 2.05) is 25.1 Å². The van der Waals surface area contributed by atoms with E-state index in [1.54, 1.807) is 0 Å². The molecule has 0 amide bonds. The summed E-state index contributed by atoms with van der Waals surface area (Å²) in [5, 5.41) is 21.2. The third-order valence-electron chi connectivity index (χ3n) is 5.24. The molecule has 0 aliphatic heterocycles. The van der Waals surface area contributed by atoms with Gasteiger partial charge in [-0.2, -0.15) is 5.26 Å². The van der Waals surface area contributed by atoms with Crippen molar-refractivity contribution in [1.29, 1.82) is 5.26 Å². The van der Waals surface area contributed by atoms with Gasteiger partial charge in [0, 0.05) is 6.42 Å². The Balaban J connectivity index is 2.28. The van der Waals surface area contributed by atoms with Crippen LogP contribution in [0, 0.1) is 16.7 Å². The van der Waals surface area contributed by atoms with E-state index in [0.29, 0.717) is 12.8 Å². The maximum atomic E-state index is 11.3. The van der Waals surface area contributed by atoms with Crippen molar-refractivity contribution >= 4 is 0 Å². The molecule has 0 bridgehead atoms. The number of hydrogen-bond acceptors (Lipinski definition) is 2. The Morgan fingerprint density at radius 1 is 1.10 bits per heavy atom. The molecule has 2 heteroatoms. The van der Waals surface area contributed by atoms with Gasteiger partial charge < -0.3 is 5.11 Å². The van der Waals surface area contributed by atoms with Gasteiger partial charge in [0.2, 0.25) is 0 Å². The van der Waals surface area contributed by atoms with E-state index in [4.69, 9.17) is 0 Å². The Morgan fingerprint density at radius 2 is 1.67 bits per heavy atom. The summed E-state index contributed by atoms with van der Waals surface area (Å²) in [5.41, 5.74) is -0.378. The molecular weight excluding hydrogens is 258 g/mol. The van der Waals surface area contributed by atoms with Crippen LogP contribution in [0.3, 0.4) is 0 Å². The largest absolute Gasteiger partial charge is 0.388 e. The van der Waals surface area contributed by atoms with Gasteiger partial charge in [0.25, 0.3) is 0 Å². The summed E-state index contributed by atoms with van der Waals surface area (Å²) in [6.45, 7) is 2.01. The molecule has 0 saturated heterocycles. The third-order valence-corrected chi connectivity index (χ3v) is 5.24. The van der Waals surface area contributed by atoms with Gasteiger partial charge in [-0.15, -0.1) is 0 Å². The Morgan fingerprint density at radius 3 is 2.19 bits per heavy atom. The maximum Gasteiger partial charge on any atom is 0.0870 e. The van der Waals surface area contributed by atoms with E-state index in [1.165, 1.54) is 19.3 Å². The van der Waals surface area contributed by atoms with Crippen LogP contribution in [0.25, 0.3) is 0 Å². The summed E-state index contributed by atoms with van der Waals surface area (Å²) < 4.78 is 0. The molecule has 1 fully saturated rings. The molecule has 2 rings (SSSR count). The lowest BCUT2D eigenvalue weighted by atomic mass is 9.62. The summed E-state index contributed by atoms with van der Waals surface area (Å²) >= 11 is 0. The second-order valence-electron chi connectivity index (χ2n) is 6.51. The van der Waals surface area contributed by atoms with Gasteiger partial charge in [-0.3, -0.25) is 0 Å². The summed E-state index contributed by atoms with van der Waals surface area (Å²) in [6.07, 6.45) is 8.65. The average molecular weight is 285 g/mol. The highest BCUT2D eigenvalue weighted by Crippen LogP contribution is 2.46. The fourth-order valence-corrected chi connectivity index (χ4v) is 3.76. The highest BCUT2D eigenvalue weighted by Gasteiger charge is 2.48. The van der Waals surface area contributed by atoms with Crippen molar-refractivity contribution in [2.45, 2.75) is 70.3 Å². The molecule has 0 heterocycles. The van der Waals surface area contributed by atoms with Gasteiger partial charge in [-0.1, -0.05) is 69.4 Å². The molecule has 1 unspecified atom stereocenters. The van der Waals surface area contributed by atoms with Gasteiger partial charge in [0.1, 0.15) is 0 Å². The van der Waals surface area contributed by atoms with Crippen molar-refractivity contribution in [3.05, 3.63) is 35.9 Å². The molecule has 1 N–H and O–H groups in total. The van der Waals surface area contributed by atoms with E-state index in [9.17, 15) is 10.4 Å². The Kier molecular flexibility index (Phi) is 5.42. The predicted octanol–water partition coefficient (Wildman–Crippen LogP) is 4.62. The van der Waals surface area contributed by atoms with Crippen molar-refractivity contribution < 1.29 is 5.11 Å². The molecule has 1 aliphatic rings. The zero-order chi connectivity index (χ0) is 15.2. The minimum Gasteiger partial charge on any atom is -0.388 e. The van der Waals surface area contributed by atoms with Crippen molar-refractivity contribution in [2.75, 3.05) is 0 Å². The quantitative estimate of drug-likeness (QED) is 0.877. The van der Waals surface area contributed by atoms with Gasteiger partial charge in [0.15, 0.2) is 0 Å². The number of nitriles is 1. The Bertz CT molecular complexity index is 468. The monoisotopic (exact) mass is 285 g/mol. The molecule has 1 aliphatic carbocycles. The van der Waals surface area contributed by atoms with Gasteiger partial charge >= 0.3 is 0 Å². The number of benzene rings is 1. The Labute approximate surface area is 128 Å². The van der Waals surface area contributed by atoms with E-state index >= 15 is 0 Å².